The SMILES string of the molecule is Cc1ccc(C(N)C2CCCN2)cc1C. The summed E-state index contributed by atoms with van der Waals surface area (Å²) in [5.74, 6) is 0. The molecule has 1 saturated heterocycles. The largest absolute Gasteiger partial charge is 0.323 e. The van der Waals surface area contributed by atoms with E-state index in [-0.39, 0.29) is 6.04 Å². The fourth-order valence-electron chi connectivity index (χ4n) is 2.22. The van der Waals surface area contributed by atoms with Gasteiger partial charge in [-0.3, -0.25) is 0 Å². The van der Waals surface area contributed by atoms with Gasteiger partial charge in [0, 0.05) is 12.1 Å². The Labute approximate surface area is 91.9 Å². The van der Waals surface area contributed by atoms with E-state index in [9.17, 15) is 0 Å². The fraction of sp³-hybridized carbons (Fsp3) is 0.538. The van der Waals surface area contributed by atoms with Crippen LogP contribution >= 0.6 is 0 Å². The predicted molar refractivity (Wildman–Crippen MR) is 63.9 cm³/mol. The summed E-state index contributed by atoms with van der Waals surface area (Å²) in [6.07, 6.45) is 2.46. The molecule has 2 nitrogen and oxygen atoms in total. The van der Waals surface area contributed by atoms with Crippen molar-refractivity contribution in [2.24, 2.45) is 5.73 Å². The number of hydrogen-bond donors (Lipinski definition) is 2. The zero-order chi connectivity index (χ0) is 10.8. The average molecular weight is 204 g/mol. The summed E-state index contributed by atoms with van der Waals surface area (Å²) >= 11 is 0. The maximum absolute atomic E-state index is 6.26. The Hall–Kier alpha value is -0.860. The normalized spacial score (nSPS) is 23.0. The maximum Gasteiger partial charge on any atom is 0.0450 e. The van der Waals surface area contributed by atoms with Crippen molar-refractivity contribution in [3.63, 3.8) is 0 Å². The minimum atomic E-state index is 0.145. The van der Waals surface area contributed by atoms with Crippen molar-refractivity contribution in [1.29, 1.82) is 0 Å². The topological polar surface area (TPSA) is 38.0 Å². The van der Waals surface area contributed by atoms with E-state index >= 15 is 0 Å². The number of nitrogens with one attached hydrogen (secondary N) is 1. The van der Waals surface area contributed by atoms with Crippen molar-refractivity contribution >= 4 is 0 Å². The molecule has 1 aromatic rings. The van der Waals surface area contributed by atoms with Crippen LogP contribution < -0.4 is 11.1 Å². The van der Waals surface area contributed by atoms with Gasteiger partial charge in [-0.15, -0.1) is 0 Å². The highest BCUT2D eigenvalue weighted by atomic mass is 15.0. The zero-order valence-corrected chi connectivity index (χ0v) is 9.59. The molecule has 2 heteroatoms. The Morgan fingerprint density at radius 1 is 1.33 bits per heavy atom. The molecule has 0 saturated carbocycles. The Morgan fingerprint density at radius 3 is 2.73 bits per heavy atom. The van der Waals surface area contributed by atoms with E-state index in [1.54, 1.807) is 0 Å². The summed E-state index contributed by atoms with van der Waals surface area (Å²) in [6.45, 7) is 5.40. The molecule has 0 amide bonds. The lowest BCUT2D eigenvalue weighted by Crippen LogP contribution is -2.34. The quantitative estimate of drug-likeness (QED) is 0.774. The number of rotatable bonds is 2. The van der Waals surface area contributed by atoms with Gasteiger partial charge in [0.2, 0.25) is 0 Å². The molecule has 0 radical (unpaired) electrons. The molecule has 0 aliphatic carbocycles. The van der Waals surface area contributed by atoms with E-state index in [4.69, 9.17) is 5.73 Å². The van der Waals surface area contributed by atoms with E-state index in [2.05, 4.69) is 37.4 Å². The van der Waals surface area contributed by atoms with Crippen LogP contribution in [0.5, 0.6) is 0 Å². The van der Waals surface area contributed by atoms with Gasteiger partial charge >= 0.3 is 0 Å². The smallest absolute Gasteiger partial charge is 0.0450 e. The van der Waals surface area contributed by atoms with Gasteiger partial charge in [-0.25, -0.2) is 0 Å². The van der Waals surface area contributed by atoms with Crippen LogP contribution in [-0.2, 0) is 0 Å². The maximum atomic E-state index is 6.26. The van der Waals surface area contributed by atoms with E-state index in [1.165, 1.54) is 29.5 Å². The predicted octanol–water partition coefficient (Wildman–Crippen LogP) is 2.06. The summed E-state index contributed by atoms with van der Waals surface area (Å²) in [5, 5.41) is 3.46. The fourth-order valence-corrected chi connectivity index (χ4v) is 2.22. The first-order chi connectivity index (χ1) is 7.18. The van der Waals surface area contributed by atoms with E-state index in [1.807, 2.05) is 0 Å². The van der Waals surface area contributed by atoms with E-state index in [0.717, 1.165) is 6.54 Å². The second-order valence-corrected chi connectivity index (χ2v) is 4.57. The van der Waals surface area contributed by atoms with Crippen molar-refractivity contribution in [3.05, 3.63) is 34.9 Å². The highest BCUT2D eigenvalue weighted by molar-refractivity contribution is 5.32. The van der Waals surface area contributed by atoms with E-state index < -0.39 is 0 Å². The Balaban J connectivity index is 2.17. The third-order valence-corrected chi connectivity index (χ3v) is 3.45. The first-order valence-corrected chi connectivity index (χ1v) is 5.74. The minimum Gasteiger partial charge on any atom is -0.323 e. The van der Waals surface area contributed by atoms with Crippen LogP contribution in [0.2, 0.25) is 0 Å². The van der Waals surface area contributed by atoms with Gasteiger partial charge in [-0.1, -0.05) is 18.2 Å². The molecule has 1 heterocycles. The molecular formula is C13H20N2. The van der Waals surface area contributed by atoms with Crippen molar-refractivity contribution in [2.45, 2.75) is 38.8 Å². The van der Waals surface area contributed by atoms with Gasteiger partial charge in [0.25, 0.3) is 0 Å². The minimum absolute atomic E-state index is 0.145. The summed E-state index contributed by atoms with van der Waals surface area (Å²) < 4.78 is 0. The van der Waals surface area contributed by atoms with Gasteiger partial charge in [0.1, 0.15) is 0 Å². The molecule has 1 fully saturated rings. The second kappa shape index (κ2) is 4.33. The number of nitrogens with two attached hydrogens (primary N) is 1. The lowest BCUT2D eigenvalue weighted by molar-refractivity contribution is 0.500. The van der Waals surface area contributed by atoms with Crippen LogP contribution in [-0.4, -0.2) is 12.6 Å². The molecule has 0 spiro atoms. The standard InChI is InChI=1S/C13H20N2/c1-9-5-6-11(8-10(9)2)13(14)12-4-3-7-15-12/h5-6,8,12-13,15H,3-4,7,14H2,1-2H3. The molecule has 3 N–H and O–H groups in total. The molecule has 2 rings (SSSR count). The Bertz CT molecular complexity index is 340. The summed E-state index contributed by atoms with van der Waals surface area (Å²) in [6, 6.07) is 7.16. The third kappa shape index (κ3) is 2.21. The third-order valence-electron chi connectivity index (χ3n) is 3.45. The van der Waals surface area contributed by atoms with Crippen molar-refractivity contribution < 1.29 is 0 Å². The number of hydrogen-bond acceptors (Lipinski definition) is 2. The van der Waals surface area contributed by atoms with Crippen LogP contribution in [0.4, 0.5) is 0 Å². The van der Waals surface area contributed by atoms with Crippen LogP contribution in [0.15, 0.2) is 18.2 Å². The Kier molecular flexibility index (Phi) is 3.08. The molecule has 1 aliphatic heterocycles. The van der Waals surface area contributed by atoms with Crippen LogP contribution in [0.1, 0.15) is 35.6 Å². The van der Waals surface area contributed by atoms with Crippen molar-refractivity contribution in [1.82, 2.24) is 5.32 Å². The van der Waals surface area contributed by atoms with Gasteiger partial charge < -0.3 is 11.1 Å². The Morgan fingerprint density at radius 2 is 2.13 bits per heavy atom. The highest BCUT2D eigenvalue weighted by Crippen LogP contribution is 2.22. The molecule has 0 bridgehead atoms. The molecule has 82 valence electrons. The number of aryl methyl sites for hydroxylation is 2. The van der Waals surface area contributed by atoms with Gasteiger partial charge in [-0.2, -0.15) is 0 Å². The number of benzene rings is 1. The average Bonchev–Trinajstić information content (AvgIpc) is 2.74. The second-order valence-electron chi connectivity index (χ2n) is 4.57. The molecule has 15 heavy (non-hydrogen) atoms. The monoisotopic (exact) mass is 204 g/mol. The summed E-state index contributed by atoms with van der Waals surface area (Å²) in [4.78, 5) is 0. The first-order valence-electron chi connectivity index (χ1n) is 5.74. The van der Waals surface area contributed by atoms with Crippen molar-refractivity contribution in [3.8, 4) is 0 Å². The van der Waals surface area contributed by atoms with Crippen LogP contribution in [0, 0.1) is 13.8 Å². The van der Waals surface area contributed by atoms with Crippen LogP contribution in [0.25, 0.3) is 0 Å². The van der Waals surface area contributed by atoms with E-state index in [0.29, 0.717) is 6.04 Å². The van der Waals surface area contributed by atoms with Gasteiger partial charge in [0.15, 0.2) is 0 Å². The highest BCUT2D eigenvalue weighted by Gasteiger charge is 2.22. The van der Waals surface area contributed by atoms with Gasteiger partial charge in [0.05, 0.1) is 0 Å². The van der Waals surface area contributed by atoms with Crippen LogP contribution in [0.3, 0.4) is 0 Å². The molecule has 1 aromatic carbocycles. The summed E-state index contributed by atoms with van der Waals surface area (Å²) in [7, 11) is 0. The van der Waals surface area contributed by atoms with Crippen molar-refractivity contribution in [2.75, 3.05) is 6.54 Å². The molecule has 2 unspecified atom stereocenters. The molecule has 1 aliphatic rings. The molecular weight excluding hydrogens is 184 g/mol. The molecule has 0 aromatic heterocycles. The molecule has 2 atom stereocenters. The summed E-state index contributed by atoms with van der Waals surface area (Å²) in [5.41, 5.74) is 10.2. The zero-order valence-electron chi connectivity index (χ0n) is 9.59. The lowest BCUT2D eigenvalue weighted by atomic mass is 9.96. The van der Waals surface area contributed by atoms with Gasteiger partial charge in [-0.05, 0) is 49.9 Å². The first kappa shape index (κ1) is 10.7. The lowest BCUT2D eigenvalue weighted by Gasteiger charge is -2.20.